The average Bonchev–Trinajstić information content (AvgIpc) is 3.29. The van der Waals surface area contributed by atoms with Gasteiger partial charge in [-0.1, -0.05) is 42.5 Å². The lowest BCUT2D eigenvalue weighted by Gasteiger charge is -2.17. The standard InChI is InChI=1S/C25H21FN6OS/c1-16(17-7-9-20(26)10-8-17)29-25-23-22(18-5-3-2-4-6-18)11-12-32(23)31-24(30-25)19-13-21(34(27)33)15-28-14-19/h2-16H,27H2,1H3,(H,29,30,31). The number of aromatic nitrogens is 4. The Labute approximate surface area is 198 Å². The molecule has 0 aliphatic heterocycles. The summed E-state index contributed by atoms with van der Waals surface area (Å²) in [5, 5.41) is 13.7. The summed E-state index contributed by atoms with van der Waals surface area (Å²) >= 11 is 0. The molecule has 170 valence electrons. The van der Waals surface area contributed by atoms with Crippen LogP contribution in [0.3, 0.4) is 0 Å². The molecule has 2 atom stereocenters. The third kappa shape index (κ3) is 4.30. The van der Waals surface area contributed by atoms with Gasteiger partial charge in [0.05, 0.1) is 10.9 Å². The van der Waals surface area contributed by atoms with Gasteiger partial charge in [0, 0.05) is 29.7 Å². The molecule has 7 nitrogen and oxygen atoms in total. The fraction of sp³-hybridized carbons (Fsp3) is 0.0800. The molecule has 0 bridgehead atoms. The number of halogens is 1. The first-order valence-corrected chi connectivity index (χ1v) is 11.8. The van der Waals surface area contributed by atoms with Crippen LogP contribution in [0.2, 0.25) is 0 Å². The van der Waals surface area contributed by atoms with E-state index in [2.05, 4.69) is 15.4 Å². The van der Waals surface area contributed by atoms with Crippen molar-refractivity contribution in [2.45, 2.75) is 17.9 Å². The molecule has 0 amide bonds. The topological polar surface area (TPSA) is 98.2 Å². The Morgan fingerprint density at radius 1 is 1.03 bits per heavy atom. The molecule has 5 aromatic rings. The van der Waals surface area contributed by atoms with Crippen molar-refractivity contribution in [2.24, 2.45) is 5.14 Å². The normalized spacial score (nSPS) is 13.0. The van der Waals surface area contributed by atoms with Crippen LogP contribution in [-0.2, 0) is 11.0 Å². The zero-order chi connectivity index (χ0) is 23.7. The van der Waals surface area contributed by atoms with E-state index in [1.807, 2.05) is 49.5 Å². The molecule has 0 aliphatic rings. The Morgan fingerprint density at radius 2 is 1.79 bits per heavy atom. The largest absolute Gasteiger partial charge is 0.362 e. The molecule has 9 heteroatoms. The highest BCUT2D eigenvalue weighted by Crippen LogP contribution is 2.32. The SMILES string of the molecule is CC(Nc1nc(-c2cncc(S(N)=O)c2)nn2ccc(-c3ccccc3)c12)c1ccc(F)cc1. The van der Waals surface area contributed by atoms with Crippen LogP contribution in [0.1, 0.15) is 18.5 Å². The van der Waals surface area contributed by atoms with Gasteiger partial charge < -0.3 is 5.32 Å². The third-order valence-electron chi connectivity index (χ3n) is 5.52. The molecule has 0 saturated heterocycles. The van der Waals surface area contributed by atoms with Crippen LogP contribution < -0.4 is 10.5 Å². The van der Waals surface area contributed by atoms with E-state index in [9.17, 15) is 8.60 Å². The highest BCUT2D eigenvalue weighted by molar-refractivity contribution is 7.82. The molecular weight excluding hydrogens is 451 g/mol. The minimum atomic E-state index is -1.67. The molecule has 0 saturated carbocycles. The quantitative estimate of drug-likeness (QED) is 0.372. The first-order valence-electron chi connectivity index (χ1n) is 10.6. The Morgan fingerprint density at radius 3 is 2.53 bits per heavy atom. The Kier molecular flexibility index (Phi) is 5.87. The lowest BCUT2D eigenvalue weighted by Crippen LogP contribution is -2.11. The monoisotopic (exact) mass is 472 g/mol. The molecule has 2 unspecified atom stereocenters. The summed E-state index contributed by atoms with van der Waals surface area (Å²) in [4.78, 5) is 9.34. The van der Waals surface area contributed by atoms with Gasteiger partial charge in [0.2, 0.25) is 0 Å². The van der Waals surface area contributed by atoms with Gasteiger partial charge >= 0.3 is 0 Å². The van der Waals surface area contributed by atoms with Crippen molar-refractivity contribution in [1.29, 1.82) is 0 Å². The van der Waals surface area contributed by atoms with Crippen LogP contribution >= 0.6 is 0 Å². The molecule has 3 aromatic heterocycles. The number of pyridine rings is 1. The van der Waals surface area contributed by atoms with E-state index >= 15 is 0 Å². The van der Waals surface area contributed by atoms with Gasteiger partial charge in [0.25, 0.3) is 0 Å². The molecule has 0 aliphatic carbocycles. The molecule has 0 radical (unpaired) electrons. The lowest BCUT2D eigenvalue weighted by atomic mass is 10.1. The fourth-order valence-corrected chi connectivity index (χ4v) is 4.20. The van der Waals surface area contributed by atoms with Gasteiger partial charge in [-0.3, -0.25) is 4.98 Å². The summed E-state index contributed by atoms with van der Waals surface area (Å²) in [5.41, 5.74) is 4.30. The van der Waals surface area contributed by atoms with Gasteiger partial charge in [-0.15, -0.1) is 5.10 Å². The lowest BCUT2D eigenvalue weighted by molar-refractivity contribution is 0.626. The zero-order valence-corrected chi connectivity index (χ0v) is 19.0. The minimum Gasteiger partial charge on any atom is -0.362 e. The van der Waals surface area contributed by atoms with Crippen molar-refractivity contribution in [1.82, 2.24) is 19.6 Å². The summed E-state index contributed by atoms with van der Waals surface area (Å²) in [6.07, 6.45) is 4.93. The van der Waals surface area contributed by atoms with Gasteiger partial charge in [-0.2, -0.15) is 0 Å². The van der Waals surface area contributed by atoms with Crippen LogP contribution in [0.5, 0.6) is 0 Å². The predicted molar refractivity (Wildman–Crippen MR) is 131 cm³/mol. The van der Waals surface area contributed by atoms with E-state index in [-0.39, 0.29) is 11.9 Å². The van der Waals surface area contributed by atoms with Crippen LogP contribution in [-0.4, -0.2) is 23.8 Å². The van der Waals surface area contributed by atoms with Crippen molar-refractivity contribution in [3.05, 3.63) is 96.7 Å². The maximum Gasteiger partial charge on any atom is 0.183 e. The summed E-state index contributed by atoms with van der Waals surface area (Å²) in [5.74, 6) is 0.714. The number of nitrogens with zero attached hydrogens (tertiary/aromatic N) is 4. The fourth-order valence-electron chi connectivity index (χ4n) is 3.79. The van der Waals surface area contributed by atoms with Crippen molar-refractivity contribution in [3.8, 4) is 22.5 Å². The van der Waals surface area contributed by atoms with Crippen LogP contribution in [0.15, 0.2) is 90.2 Å². The maximum atomic E-state index is 13.4. The van der Waals surface area contributed by atoms with E-state index in [0.717, 1.165) is 22.2 Å². The van der Waals surface area contributed by atoms with Gasteiger partial charge in [-0.05, 0) is 42.3 Å². The number of hydrogen-bond acceptors (Lipinski definition) is 5. The summed E-state index contributed by atoms with van der Waals surface area (Å²) in [7, 11) is -1.67. The van der Waals surface area contributed by atoms with E-state index in [0.29, 0.717) is 22.1 Å². The number of rotatable bonds is 6. The molecular formula is C25H21FN6OS. The van der Waals surface area contributed by atoms with Crippen molar-refractivity contribution >= 4 is 22.3 Å². The zero-order valence-electron chi connectivity index (χ0n) is 18.2. The molecule has 5 rings (SSSR count). The molecule has 0 spiro atoms. The van der Waals surface area contributed by atoms with Crippen LogP contribution in [0, 0.1) is 5.82 Å². The molecule has 3 N–H and O–H groups in total. The van der Waals surface area contributed by atoms with E-state index in [1.165, 1.54) is 18.3 Å². The van der Waals surface area contributed by atoms with E-state index in [1.54, 1.807) is 28.9 Å². The van der Waals surface area contributed by atoms with Crippen LogP contribution in [0.25, 0.3) is 28.0 Å². The van der Waals surface area contributed by atoms with Gasteiger partial charge in [-0.25, -0.2) is 23.2 Å². The maximum absolute atomic E-state index is 13.4. The smallest absolute Gasteiger partial charge is 0.183 e. The summed E-state index contributed by atoms with van der Waals surface area (Å²) < 4.78 is 27.0. The van der Waals surface area contributed by atoms with E-state index in [4.69, 9.17) is 10.1 Å². The highest BCUT2D eigenvalue weighted by atomic mass is 32.2. The molecule has 3 heterocycles. The highest BCUT2D eigenvalue weighted by Gasteiger charge is 2.18. The molecule has 0 fully saturated rings. The Bertz CT molecular complexity index is 1490. The first-order chi connectivity index (χ1) is 16.5. The number of nitrogens with two attached hydrogens (primary N) is 1. The summed E-state index contributed by atoms with van der Waals surface area (Å²) in [6.45, 7) is 1.98. The second-order valence-corrected chi connectivity index (χ2v) is 8.86. The minimum absolute atomic E-state index is 0.160. The van der Waals surface area contributed by atoms with Gasteiger partial charge in [0.1, 0.15) is 22.3 Å². The number of benzene rings is 2. The summed E-state index contributed by atoms with van der Waals surface area (Å²) in [6, 6.07) is 19.8. The number of fused-ring (bicyclic) bond motifs is 1. The van der Waals surface area contributed by atoms with E-state index < -0.39 is 11.0 Å². The third-order valence-corrected chi connectivity index (χ3v) is 6.21. The van der Waals surface area contributed by atoms with Crippen molar-refractivity contribution in [3.63, 3.8) is 0 Å². The number of hydrogen-bond donors (Lipinski definition) is 2. The molecule has 2 aromatic carbocycles. The second kappa shape index (κ2) is 9.12. The molecule has 34 heavy (non-hydrogen) atoms. The van der Waals surface area contributed by atoms with Crippen molar-refractivity contribution in [2.75, 3.05) is 5.32 Å². The van der Waals surface area contributed by atoms with Gasteiger partial charge in [0.15, 0.2) is 11.6 Å². The van der Waals surface area contributed by atoms with Crippen LogP contribution in [0.4, 0.5) is 10.2 Å². The number of anilines is 1. The Hall–Kier alpha value is -3.95. The number of nitrogens with one attached hydrogen (secondary N) is 1. The first kappa shape index (κ1) is 21.9. The Balaban J connectivity index is 1.66. The van der Waals surface area contributed by atoms with Crippen molar-refractivity contribution < 1.29 is 8.60 Å². The predicted octanol–water partition coefficient (Wildman–Crippen LogP) is 4.75. The second-order valence-electron chi connectivity index (χ2n) is 7.80. The average molecular weight is 473 g/mol.